The molecule has 7 heteroatoms. The SMILES string of the molecule is C[C@@H](NC(=O)COC(=O)/C=C/c1ccc(Br)o1)c1ccco1. The van der Waals surface area contributed by atoms with Crippen molar-refractivity contribution in [2.45, 2.75) is 13.0 Å². The second kappa shape index (κ2) is 7.65. The third-order valence-corrected chi connectivity index (χ3v) is 3.10. The predicted octanol–water partition coefficient (Wildman–Crippen LogP) is 3.07. The zero-order chi connectivity index (χ0) is 15.9. The molecule has 2 rings (SSSR count). The molecule has 6 nitrogen and oxygen atoms in total. The zero-order valence-corrected chi connectivity index (χ0v) is 13.3. The Morgan fingerprint density at radius 2 is 2.23 bits per heavy atom. The average Bonchev–Trinajstić information content (AvgIpc) is 3.14. The van der Waals surface area contributed by atoms with Crippen molar-refractivity contribution in [2.75, 3.05) is 6.61 Å². The first kappa shape index (κ1) is 16.1. The maximum absolute atomic E-state index is 11.7. The minimum absolute atomic E-state index is 0.294. The highest BCUT2D eigenvalue weighted by molar-refractivity contribution is 9.10. The van der Waals surface area contributed by atoms with Crippen molar-refractivity contribution in [3.05, 3.63) is 52.8 Å². The molecule has 0 aromatic carbocycles. The van der Waals surface area contributed by atoms with E-state index in [9.17, 15) is 9.59 Å². The Hall–Kier alpha value is -2.28. The predicted molar refractivity (Wildman–Crippen MR) is 81.7 cm³/mol. The van der Waals surface area contributed by atoms with E-state index >= 15 is 0 Å². The summed E-state index contributed by atoms with van der Waals surface area (Å²) in [5, 5.41) is 2.66. The van der Waals surface area contributed by atoms with Crippen LogP contribution < -0.4 is 5.32 Å². The molecular weight excluding hydrogens is 354 g/mol. The number of rotatable bonds is 6. The number of hydrogen-bond acceptors (Lipinski definition) is 5. The van der Waals surface area contributed by atoms with Gasteiger partial charge in [0.05, 0.1) is 12.3 Å². The van der Waals surface area contributed by atoms with Crippen LogP contribution in [0.3, 0.4) is 0 Å². The minimum atomic E-state index is -0.631. The Labute approximate surface area is 135 Å². The van der Waals surface area contributed by atoms with Gasteiger partial charge in [-0.3, -0.25) is 4.79 Å². The average molecular weight is 368 g/mol. The highest BCUT2D eigenvalue weighted by atomic mass is 79.9. The molecule has 2 aromatic rings. The highest BCUT2D eigenvalue weighted by Gasteiger charge is 2.12. The van der Waals surface area contributed by atoms with E-state index in [4.69, 9.17) is 13.6 Å². The molecule has 0 fully saturated rings. The van der Waals surface area contributed by atoms with Gasteiger partial charge in [0.25, 0.3) is 5.91 Å². The quantitative estimate of drug-likeness (QED) is 0.626. The van der Waals surface area contributed by atoms with Gasteiger partial charge in [0.1, 0.15) is 11.5 Å². The normalized spacial score (nSPS) is 12.3. The molecule has 0 spiro atoms. The lowest BCUT2D eigenvalue weighted by Crippen LogP contribution is -2.30. The maximum atomic E-state index is 11.7. The number of hydrogen-bond donors (Lipinski definition) is 1. The molecule has 0 radical (unpaired) electrons. The number of nitrogens with one attached hydrogen (secondary N) is 1. The number of carbonyl (C=O) groups is 2. The Balaban J connectivity index is 1.73. The molecule has 116 valence electrons. The molecule has 0 saturated carbocycles. The molecule has 1 N–H and O–H groups in total. The number of amides is 1. The van der Waals surface area contributed by atoms with Crippen molar-refractivity contribution < 1.29 is 23.2 Å². The van der Waals surface area contributed by atoms with Crippen LogP contribution >= 0.6 is 15.9 Å². The van der Waals surface area contributed by atoms with Crippen molar-refractivity contribution in [3.63, 3.8) is 0 Å². The largest absolute Gasteiger partial charge is 0.467 e. The van der Waals surface area contributed by atoms with Gasteiger partial charge >= 0.3 is 5.97 Å². The van der Waals surface area contributed by atoms with Crippen LogP contribution in [0.15, 0.2) is 50.1 Å². The lowest BCUT2D eigenvalue weighted by atomic mass is 10.2. The molecular formula is C15H14BrNO5. The van der Waals surface area contributed by atoms with Gasteiger partial charge in [-0.1, -0.05) is 0 Å². The van der Waals surface area contributed by atoms with E-state index in [0.717, 1.165) is 0 Å². The van der Waals surface area contributed by atoms with E-state index in [2.05, 4.69) is 21.2 Å². The number of carbonyl (C=O) groups excluding carboxylic acids is 2. The van der Waals surface area contributed by atoms with Crippen molar-refractivity contribution in [1.82, 2.24) is 5.32 Å². The monoisotopic (exact) mass is 367 g/mol. The Morgan fingerprint density at radius 3 is 2.86 bits per heavy atom. The van der Waals surface area contributed by atoms with Gasteiger partial charge < -0.3 is 18.9 Å². The number of esters is 1. The van der Waals surface area contributed by atoms with Crippen LogP contribution in [0, 0.1) is 0 Å². The van der Waals surface area contributed by atoms with Gasteiger partial charge in [0, 0.05) is 6.08 Å². The Kier molecular flexibility index (Phi) is 5.60. The summed E-state index contributed by atoms with van der Waals surface area (Å²) in [6, 6.07) is 6.58. The lowest BCUT2D eigenvalue weighted by molar-refractivity contribution is -0.144. The van der Waals surface area contributed by atoms with E-state index in [1.54, 1.807) is 31.2 Å². The summed E-state index contributed by atoms with van der Waals surface area (Å²) in [6.07, 6.45) is 4.17. The van der Waals surface area contributed by atoms with Crippen molar-refractivity contribution in [3.8, 4) is 0 Å². The third-order valence-electron chi connectivity index (χ3n) is 2.67. The summed E-state index contributed by atoms with van der Waals surface area (Å²) >= 11 is 3.15. The van der Waals surface area contributed by atoms with E-state index in [1.807, 2.05) is 0 Å². The van der Waals surface area contributed by atoms with Gasteiger partial charge in [-0.05, 0) is 53.2 Å². The minimum Gasteiger partial charge on any atom is -0.467 e. The summed E-state index contributed by atoms with van der Waals surface area (Å²) in [5.74, 6) is 0.0856. The van der Waals surface area contributed by atoms with Gasteiger partial charge in [-0.2, -0.15) is 0 Å². The first-order chi connectivity index (χ1) is 10.5. The Morgan fingerprint density at radius 1 is 1.41 bits per heavy atom. The molecule has 0 unspecified atom stereocenters. The molecule has 0 aliphatic heterocycles. The first-order valence-corrected chi connectivity index (χ1v) is 7.27. The summed E-state index contributed by atoms with van der Waals surface area (Å²) in [4.78, 5) is 23.1. The molecule has 0 aliphatic rings. The third kappa shape index (κ3) is 4.92. The van der Waals surface area contributed by atoms with Crippen LogP contribution in [0.4, 0.5) is 0 Å². The van der Waals surface area contributed by atoms with E-state index in [1.165, 1.54) is 18.4 Å². The molecule has 1 amide bonds. The summed E-state index contributed by atoms with van der Waals surface area (Å²) in [6.45, 7) is 1.41. The smallest absolute Gasteiger partial charge is 0.331 e. The van der Waals surface area contributed by atoms with Gasteiger partial charge in [-0.25, -0.2) is 4.79 Å². The fraction of sp³-hybridized carbons (Fsp3) is 0.200. The molecule has 0 bridgehead atoms. The second-order valence-electron chi connectivity index (χ2n) is 4.39. The van der Waals surface area contributed by atoms with Crippen molar-refractivity contribution >= 4 is 33.9 Å². The van der Waals surface area contributed by atoms with Crippen LogP contribution in [0.5, 0.6) is 0 Å². The fourth-order valence-electron chi connectivity index (χ4n) is 1.64. The van der Waals surface area contributed by atoms with Crippen LogP contribution in [0.2, 0.25) is 0 Å². The topological polar surface area (TPSA) is 81.7 Å². The van der Waals surface area contributed by atoms with Gasteiger partial charge in [0.15, 0.2) is 11.3 Å². The fourth-order valence-corrected chi connectivity index (χ4v) is 1.96. The maximum Gasteiger partial charge on any atom is 0.331 e. The van der Waals surface area contributed by atoms with E-state index < -0.39 is 11.9 Å². The molecule has 1 atom stereocenters. The highest BCUT2D eigenvalue weighted by Crippen LogP contribution is 2.15. The zero-order valence-electron chi connectivity index (χ0n) is 11.7. The molecule has 2 aromatic heterocycles. The number of ether oxygens (including phenoxy) is 1. The molecule has 0 saturated heterocycles. The standard InChI is InChI=1S/C15H14BrNO5/c1-10(12-3-2-8-20-12)17-14(18)9-21-15(19)7-5-11-4-6-13(16)22-11/h2-8,10H,9H2,1H3,(H,17,18)/b7-5+/t10-/m1/s1. The molecule has 0 aliphatic carbocycles. The van der Waals surface area contributed by atoms with Crippen molar-refractivity contribution in [2.24, 2.45) is 0 Å². The van der Waals surface area contributed by atoms with E-state index in [0.29, 0.717) is 16.2 Å². The van der Waals surface area contributed by atoms with Crippen LogP contribution in [0.25, 0.3) is 6.08 Å². The van der Waals surface area contributed by atoms with Crippen molar-refractivity contribution in [1.29, 1.82) is 0 Å². The van der Waals surface area contributed by atoms with Crippen LogP contribution in [0.1, 0.15) is 24.5 Å². The molecule has 2 heterocycles. The van der Waals surface area contributed by atoms with E-state index in [-0.39, 0.29) is 12.6 Å². The molecule has 22 heavy (non-hydrogen) atoms. The van der Waals surface area contributed by atoms with Crippen LogP contribution in [-0.4, -0.2) is 18.5 Å². The summed E-state index contributed by atoms with van der Waals surface area (Å²) < 4.78 is 15.7. The second-order valence-corrected chi connectivity index (χ2v) is 5.17. The van der Waals surface area contributed by atoms with Crippen LogP contribution in [-0.2, 0) is 14.3 Å². The van der Waals surface area contributed by atoms with Gasteiger partial charge in [-0.15, -0.1) is 0 Å². The van der Waals surface area contributed by atoms with Gasteiger partial charge in [0.2, 0.25) is 0 Å². The summed E-state index contributed by atoms with van der Waals surface area (Å²) in [7, 11) is 0. The first-order valence-electron chi connectivity index (χ1n) is 6.47. The number of halogens is 1. The Bertz CT molecular complexity index is 659. The number of furan rings is 2. The summed E-state index contributed by atoms with van der Waals surface area (Å²) in [5.41, 5.74) is 0. The lowest BCUT2D eigenvalue weighted by Gasteiger charge is -2.10.